The van der Waals surface area contributed by atoms with Crippen LogP contribution in [0.25, 0.3) is 0 Å². The topological polar surface area (TPSA) is 28.2 Å². The van der Waals surface area contributed by atoms with Crippen molar-refractivity contribution in [3.8, 4) is 0 Å². The maximum absolute atomic E-state index is 4.84. The summed E-state index contributed by atoms with van der Waals surface area (Å²) in [5.41, 5.74) is 2.56. The molecule has 3 nitrogen and oxygen atoms in total. The average Bonchev–Trinajstić information content (AvgIpc) is 2.43. The average molecular weight is 293 g/mol. The van der Waals surface area contributed by atoms with Gasteiger partial charge >= 0.3 is 0 Å². The molecule has 112 valence electrons. The predicted octanol–water partition coefficient (Wildman–Crippen LogP) is 3.08. The van der Waals surface area contributed by atoms with E-state index in [9.17, 15) is 0 Å². The van der Waals surface area contributed by atoms with Crippen LogP contribution in [0.3, 0.4) is 0 Å². The molecule has 0 bridgehead atoms. The Balaban J connectivity index is 2.20. The number of rotatable bonds is 5. The summed E-state index contributed by atoms with van der Waals surface area (Å²) in [7, 11) is 0. The molecule has 4 heteroatoms. The van der Waals surface area contributed by atoms with Crippen LogP contribution in [0.1, 0.15) is 39.0 Å². The summed E-state index contributed by atoms with van der Waals surface area (Å²) in [6.07, 6.45) is 1.00. The Morgan fingerprint density at radius 2 is 1.95 bits per heavy atom. The second kappa shape index (κ2) is 7.32. The standard InChI is InChI=1S/C16H27N3S/c1-5-15-7-14(9-17-6-2)8-16(18-15)19-10-12(3)20-13(4)11-19/h7-8,12-13,17H,5-6,9-11H2,1-4H3. The molecule has 0 aromatic carbocycles. The van der Waals surface area contributed by atoms with Gasteiger partial charge in [-0.05, 0) is 30.7 Å². The van der Waals surface area contributed by atoms with E-state index in [1.165, 1.54) is 11.3 Å². The Kier molecular flexibility index (Phi) is 5.73. The maximum atomic E-state index is 4.84. The molecule has 1 aromatic rings. The molecule has 2 unspecified atom stereocenters. The van der Waals surface area contributed by atoms with Crippen LogP contribution in [0.4, 0.5) is 5.82 Å². The fourth-order valence-corrected chi connectivity index (χ4v) is 4.04. The number of anilines is 1. The molecule has 0 spiro atoms. The third kappa shape index (κ3) is 4.13. The molecular formula is C16H27N3S. The van der Waals surface area contributed by atoms with Crippen molar-refractivity contribution in [2.75, 3.05) is 24.5 Å². The number of nitrogens with one attached hydrogen (secondary N) is 1. The van der Waals surface area contributed by atoms with Gasteiger partial charge in [0.25, 0.3) is 0 Å². The Morgan fingerprint density at radius 3 is 2.55 bits per heavy atom. The van der Waals surface area contributed by atoms with Crippen LogP contribution in [-0.4, -0.2) is 35.1 Å². The second-order valence-electron chi connectivity index (χ2n) is 5.62. The lowest BCUT2D eigenvalue weighted by Crippen LogP contribution is -2.41. The Morgan fingerprint density at radius 1 is 1.25 bits per heavy atom. The van der Waals surface area contributed by atoms with E-state index in [4.69, 9.17) is 4.98 Å². The second-order valence-corrected chi connectivity index (χ2v) is 7.50. The van der Waals surface area contributed by atoms with Crippen LogP contribution < -0.4 is 10.2 Å². The van der Waals surface area contributed by atoms with E-state index in [1.807, 2.05) is 0 Å². The summed E-state index contributed by atoms with van der Waals surface area (Å²) in [6, 6.07) is 4.50. The van der Waals surface area contributed by atoms with Crippen molar-refractivity contribution in [2.45, 2.75) is 51.2 Å². The minimum atomic E-state index is 0.683. The molecule has 1 saturated heterocycles. The smallest absolute Gasteiger partial charge is 0.129 e. The molecular weight excluding hydrogens is 266 g/mol. The summed E-state index contributed by atoms with van der Waals surface area (Å²) in [4.78, 5) is 7.30. The highest BCUT2D eigenvalue weighted by Crippen LogP contribution is 2.28. The molecule has 1 N–H and O–H groups in total. The highest BCUT2D eigenvalue weighted by molar-refractivity contribution is 8.00. The first-order chi connectivity index (χ1) is 9.62. The van der Waals surface area contributed by atoms with Gasteiger partial charge in [0.2, 0.25) is 0 Å². The van der Waals surface area contributed by atoms with Crippen molar-refractivity contribution in [1.82, 2.24) is 10.3 Å². The van der Waals surface area contributed by atoms with Crippen LogP contribution in [0, 0.1) is 0 Å². The normalized spacial score (nSPS) is 23.1. The first-order valence-electron chi connectivity index (χ1n) is 7.73. The molecule has 1 fully saturated rings. The first kappa shape index (κ1) is 15.6. The summed E-state index contributed by atoms with van der Waals surface area (Å²) in [5, 5.41) is 4.78. The maximum Gasteiger partial charge on any atom is 0.129 e. The number of thioether (sulfide) groups is 1. The summed E-state index contributed by atoms with van der Waals surface area (Å²) >= 11 is 2.09. The molecule has 0 aliphatic carbocycles. The first-order valence-corrected chi connectivity index (χ1v) is 8.67. The highest BCUT2D eigenvalue weighted by Gasteiger charge is 2.23. The fraction of sp³-hybridized carbons (Fsp3) is 0.688. The van der Waals surface area contributed by atoms with Crippen molar-refractivity contribution < 1.29 is 0 Å². The van der Waals surface area contributed by atoms with E-state index in [0.29, 0.717) is 10.5 Å². The van der Waals surface area contributed by atoms with E-state index in [-0.39, 0.29) is 0 Å². The monoisotopic (exact) mass is 293 g/mol. The van der Waals surface area contributed by atoms with Crippen molar-refractivity contribution in [1.29, 1.82) is 0 Å². The third-order valence-electron chi connectivity index (χ3n) is 3.61. The largest absolute Gasteiger partial charge is 0.354 e. The van der Waals surface area contributed by atoms with Gasteiger partial charge in [-0.2, -0.15) is 11.8 Å². The summed E-state index contributed by atoms with van der Waals surface area (Å²) in [5.74, 6) is 1.16. The molecule has 1 aliphatic heterocycles. The van der Waals surface area contributed by atoms with Gasteiger partial charge < -0.3 is 10.2 Å². The van der Waals surface area contributed by atoms with Gasteiger partial charge in [0, 0.05) is 35.8 Å². The van der Waals surface area contributed by atoms with Gasteiger partial charge in [-0.25, -0.2) is 4.98 Å². The molecule has 0 saturated carbocycles. The minimum Gasteiger partial charge on any atom is -0.354 e. The zero-order chi connectivity index (χ0) is 14.5. The Labute approximate surface area is 127 Å². The third-order valence-corrected chi connectivity index (χ3v) is 4.84. The highest BCUT2D eigenvalue weighted by atomic mass is 32.2. The van der Waals surface area contributed by atoms with Crippen molar-refractivity contribution in [3.63, 3.8) is 0 Å². The van der Waals surface area contributed by atoms with Crippen LogP contribution >= 0.6 is 11.8 Å². The molecule has 2 rings (SSSR count). The van der Waals surface area contributed by atoms with Crippen LogP contribution in [-0.2, 0) is 13.0 Å². The van der Waals surface area contributed by atoms with Crippen molar-refractivity contribution in [2.24, 2.45) is 0 Å². The van der Waals surface area contributed by atoms with Crippen molar-refractivity contribution in [3.05, 3.63) is 23.4 Å². The number of hydrogen-bond donors (Lipinski definition) is 1. The molecule has 0 amide bonds. The predicted molar refractivity (Wildman–Crippen MR) is 89.7 cm³/mol. The summed E-state index contributed by atoms with van der Waals surface area (Å²) < 4.78 is 0. The van der Waals surface area contributed by atoms with Gasteiger partial charge in [-0.15, -0.1) is 0 Å². The Hall–Kier alpha value is -0.740. The molecule has 1 aromatic heterocycles. The minimum absolute atomic E-state index is 0.683. The zero-order valence-electron chi connectivity index (χ0n) is 13.1. The van der Waals surface area contributed by atoms with E-state index >= 15 is 0 Å². The van der Waals surface area contributed by atoms with E-state index in [2.05, 4.69) is 61.8 Å². The molecule has 1 aliphatic rings. The fourth-order valence-electron chi connectivity index (χ4n) is 2.71. The van der Waals surface area contributed by atoms with Gasteiger partial charge in [0.05, 0.1) is 0 Å². The van der Waals surface area contributed by atoms with E-state index < -0.39 is 0 Å². The summed E-state index contributed by atoms with van der Waals surface area (Å²) in [6.45, 7) is 13.1. The lowest BCUT2D eigenvalue weighted by Gasteiger charge is -2.35. The number of aryl methyl sites for hydroxylation is 1. The zero-order valence-corrected chi connectivity index (χ0v) is 14.0. The molecule has 0 radical (unpaired) electrons. The molecule has 2 heterocycles. The van der Waals surface area contributed by atoms with E-state index in [0.717, 1.165) is 38.4 Å². The quantitative estimate of drug-likeness (QED) is 0.903. The van der Waals surface area contributed by atoms with E-state index in [1.54, 1.807) is 0 Å². The SMILES string of the molecule is CCNCc1cc(CC)nc(N2CC(C)SC(C)C2)c1. The van der Waals surface area contributed by atoms with Crippen molar-refractivity contribution >= 4 is 17.6 Å². The van der Waals surface area contributed by atoms with Gasteiger partial charge in [-0.3, -0.25) is 0 Å². The molecule has 20 heavy (non-hydrogen) atoms. The Bertz CT molecular complexity index is 426. The van der Waals surface area contributed by atoms with Crippen LogP contribution in [0.15, 0.2) is 12.1 Å². The lowest BCUT2D eigenvalue weighted by molar-refractivity contribution is 0.705. The molecule has 2 atom stereocenters. The van der Waals surface area contributed by atoms with Gasteiger partial charge in [-0.1, -0.05) is 27.7 Å². The lowest BCUT2D eigenvalue weighted by atomic mass is 10.1. The van der Waals surface area contributed by atoms with Crippen LogP contribution in [0.2, 0.25) is 0 Å². The number of pyridine rings is 1. The van der Waals surface area contributed by atoms with Gasteiger partial charge in [0.1, 0.15) is 5.82 Å². The van der Waals surface area contributed by atoms with Crippen LogP contribution in [0.5, 0.6) is 0 Å². The number of nitrogens with zero attached hydrogens (tertiary/aromatic N) is 2. The number of hydrogen-bond acceptors (Lipinski definition) is 4. The van der Waals surface area contributed by atoms with Gasteiger partial charge in [0.15, 0.2) is 0 Å². The number of aromatic nitrogens is 1.